The molecular formula is C27H31ClN2O4. The monoisotopic (exact) mass is 482 g/mol. The van der Waals surface area contributed by atoms with Gasteiger partial charge in [0, 0.05) is 30.3 Å². The Balaban J connectivity index is 1.37. The third-order valence-electron chi connectivity index (χ3n) is 5.86. The zero-order chi connectivity index (χ0) is 24.1. The number of rotatable bonds is 8. The quantitative estimate of drug-likeness (QED) is 0.424. The first-order valence-corrected chi connectivity index (χ1v) is 12.0. The van der Waals surface area contributed by atoms with Gasteiger partial charge in [-0.3, -0.25) is 9.69 Å². The van der Waals surface area contributed by atoms with Crippen molar-refractivity contribution in [2.24, 2.45) is 0 Å². The second-order valence-corrected chi connectivity index (χ2v) is 9.30. The minimum absolute atomic E-state index is 0.225. The van der Waals surface area contributed by atoms with Crippen LogP contribution in [0.2, 0.25) is 5.02 Å². The number of ether oxygens (including phenoxy) is 2. The van der Waals surface area contributed by atoms with Crippen molar-refractivity contribution in [3.8, 4) is 5.75 Å². The third kappa shape index (κ3) is 6.20. The summed E-state index contributed by atoms with van der Waals surface area (Å²) in [5.74, 6) is 1.57. The minimum Gasteiger partial charge on any atom is -0.485 e. The SMILES string of the molecule is Cc1cc(OCc2ccc(C(=O)Nc3cccc(CN4CCOCC4)c3)o2)c(C(C)C)cc1Cl. The molecule has 6 nitrogen and oxygen atoms in total. The molecule has 0 aliphatic carbocycles. The standard InChI is InChI=1S/C27H31ClN2O4/c1-18(2)23-15-24(28)19(3)13-26(23)33-17-22-7-8-25(34-22)27(31)29-21-6-4-5-20(14-21)16-30-9-11-32-12-10-30/h4-8,13-15,18H,9-12,16-17H2,1-3H3,(H,29,31). The average Bonchev–Trinajstić information content (AvgIpc) is 3.30. The third-order valence-corrected chi connectivity index (χ3v) is 6.27. The van der Waals surface area contributed by atoms with Gasteiger partial charge in [0.15, 0.2) is 5.76 Å². The van der Waals surface area contributed by atoms with Gasteiger partial charge in [0.1, 0.15) is 18.1 Å². The summed E-state index contributed by atoms with van der Waals surface area (Å²) in [5.41, 5.74) is 3.88. The second-order valence-electron chi connectivity index (χ2n) is 8.89. The van der Waals surface area contributed by atoms with Crippen LogP contribution in [0, 0.1) is 6.92 Å². The van der Waals surface area contributed by atoms with Gasteiger partial charge in [0.05, 0.1) is 13.2 Å². The number of amides is 1. The highest BCUT2D eigenvalue weighted by atomic mass is 35.5. The number of hydrogen-bond donors (Lipinski definition) is 1. The van der Waals surface area contributed by atoms with Crippen LogP contribution in [0.5, 0.6) is 5.75 Å². The molecule has 1 N–H and O–H groups in total. The molecule has 7 heteroatoms. The molecular weight excluding hydrogens is 452 g/mol. The molecule has 2 aromatic carbocycles. The highest BCUT2D eigenvalue weighted by Gasteiger charge is 2.16. The zero-order valence-electron chi connectivity index (χ0n) is 19.9. The summed E-state index contributed by atoms with van der Waals surface area (Å²) in [7, 11) is 0. The van der Waals surface area contributed by atoms with E-state index in [1.165, 1.54) is 0 Å². The van der Waals surface area contributed by atoms with Crippen molar-refractivity contribution in [1.29, 1.82) is 0 Å². The Morgan fingerprint density at radius 1 is 1.15 bits per heavy atom. The number of anilines is 1. The molecule has 0 bridgehead atoms. The number of hydrogen-bond acceptors (Lipinski definition) is 5. The first-order chi connectivity index (χ1) is 16.4. The molecule has 0 saturated carbocycles. The van der Waals surface area contributed by atoms with Gasteiger partial charge in [0.2, 0.25) is 0 Å². The number of carbonyl (C=O) groups is 1. The molecule has 1 saturated heterocycles. The summed E-state index contributed by atoms with van der Waals surface area (Å²) in [4.78, 5) is 15.1. The van der Waals surface area contributed by atoms with Gasteiger partial charge in [0.25, 0.3) is 5.91 Å². The van der Waals surface area contributed by atoms with E-state index in [2.05, 4.69) is 30.1 Å². The number of nitrogens with one attached hydrogen (secondary N) is 1. The molecule has 1 aliphatic heterocycles. The van der Waals surface area contributed by atoms with Crippen molar-refractivity contribution < 1.29 is 18.7 Å². The molecule has 1 amide bonds. The van der Waals surface area contributed by atoms with Gasteiger partial charge in [-0.25, -0.2) is 0 Å². The Bertz CT molecular complexity index is 1140. The molecule has 1 fully saturated rings. The van der Waals surface area contributed by atoms with Crippen LogP contribution < -0.4 is 10.1 Å². The Morgan fingerprint density at radius 3 is 2.71 bits per heavy atom. The van der Waals surface area contributed by atoms with E-state index in [4.69, 9.17) is 25.5 Å². The van der Waals surface area contributed by atoms with Crippen LogP contribution >= 0.6 is 11.6 Å². The van der Waals surface area contributed by atoms with Gasteiger partial charge < -0.3 is 19.2 Å². The smallest absolute Gasteiger partial charge is 0.291 e. The Morgan fingerprint density at radius 2 is 1.94 bits per heavy atom. The number of carbonyl (C=O) groups excluding carboxylic acids is 1. The first kappa shape index (κ1) is 24.3. The fourth-order valence-electron chi connectivity index (χ4n) is 3.93. The van der Waals surface area contributed by atoms with Crippen LogP contribution in [0.1, 0.15) is 52.8 Å². The van der Waals surface area contributed by atoms with Crippen molar-refractivity contribution in [3.63, 3.8) is 0 Å². The number of nitrogens with zero attached hydrogens (tertiary/aromatic N) is 1. The molecule has 1 aromatic heterocycles. The Hall–Kier alpha value is -2.80. The van der Waals surface area contributed by atoms with E-state index in [0.717, 1.165) is 66.0 Å². The number of halogens is 1. The van der Waals surface area contributed by atoms with Gasteiger partial charge in [-0.1, -0.05) is 37.6 Å². The Kier molecular flexibility index (Phi) is 7.93. The van der Waals surface area contributed by atoms with E-state index in [1.54, 1.807) is 12.1 Å². The second kappa shape index (κ2) is 11.1. The van der Waals surface area contributed by atoms with Crippen LogP contribution in [0.3, 0.4) is 0 Å². The molecule has 3 aromatic rings. The molecule has 1 aliphatic rings. The van der Waals surface area contributed by atoms with Crippen molar-refractivity contribution >= 4 is 23.2 Å². The highest BCUT2D eigenvalue weighted by Crippen LogP contribution is 2.32. The maximum atomic E-state index is 12.7. The molecule has 2 heterocycles. The summed E-state index contributed by atoms with van der Waals surface area (Å²) >= 11 is 6.28. The molecule has 0 unspecified atom stereocenters. The van der Waals surface area contributed by atoms with Gasteiger partial charge in [-0.2, -0.15) is 0 Å². The molecule has 4 rings (SSSR count). The van der Waals surface area contributed by atoms with Crippen LogP contribution in [-0.2, 0) is 17.9 Å². The lowest BCUT2D eigenvalue weighted by Gasteiger charge is -2.26. The minimum atomic E-state index is -0.292. The summed E-state index contributed by atoms with van der Waals surface area (Å²) in [6, 6.07) is 15.2. The maximum Gasteiger partial charge on any atom is 0.291 e. The predicted octanol–water partition coefficient (Wildman–Crippen LogP) is 6.03. The summed E-state index contributed by atoms with van der Waals surface area (Å²) < 4.78 is 17.2. The van der Waals surface area contributed by atoms with Crippen molar-refractivity contribution in [2.75, 3.05) is 31.6 Å². The fraction of sp³-hybridized carbons (Fsp3) is 0.370. The van der Waals surface area contributed by atoms with E-state index < -0.39 is 0 Å². The summed E-state index contributed by atoms with van der Waals surface area (Å²) in [6.07, 6.45) is 0. The predicted molar refractivity (Wildman–Crippen MR) is 134 cm³/mol. The number of benzene rings is 2. The first-order valence-electron chi connectivity index (χ1n) is 11.6. The van der Waals surface area contributed by atoms with E-state index >= 15 is 0 Å². The average molecular weight is 483 g/mol. The van der Waals surface area contributed by atoms with Crippen molar-refractivity contribution in [3.05, 3.63) is 81.8 Å². The number of morpholine rings is 1. The molecule has 34 heavy (non-hydrogen) atoms. The molecule has 180 valence electrons. The summed E-state index contributed by atoms with van der Waals surface area (Å²) in [5, 5.41) is 3.65. The fourth-order valence-corrected chi connectivity index (χ4v) is 4.10. The highest BCUT2D eigenvalue weighted by molar-refractivity contribution is 6.31. The number of aryl methyl sites for hydroxylation is 1. The van der Waals surface area contributed by atoms with Crippen LogP contribution in [0.15, 0.2) is 52.9 Å². The zero-order valence-corrected chi connectivity index (χ0v) is 20.7. The van der Waals surface area contributed by atoms with E-state index in [9.17, 15) is 4.79 Å². The van der Waals surface area contributed by atoms with Gasteiger partial charge in [-0.05, 0) is 65.9 Å². The van der Waals surface area contributed by atoms with Gasteiger partial charge >= 0.3 is 0 Å². The van der Waals surface area contributed by atoms with Crippen LogP contribution in [-0.4, -0.2) is 37.1 Å². The number of furan rings is 1. The van der Waals surface area contributed by atoms with Crippen LogP contribution in [0.25, 0.3) is 0 Å². The lowest BCUT2D eigenvalue weighted by molar-refractivity contribution is 0.0342. The van der Waals surface area contributed by atoms with Gasteiger partial charge in [-0.15, -0.1) is 0 Å². The topological polar surface area (TPSA) is 63.9 Å². The molecule has 0 radical (unpaired) electrons. The lowest BCUT2D eigenvalue weighted by atomic mass is 10.0. The van der Waals surface area contributed by atoms with E-state index in [-0.39, 0.29) is 24.2 Å². The Labute approximate surface area is 205 Å². The summed E-state index contributed by atoms with van der Waals surface area (Å²) in [6.45, 7) is 10.6. The normalized spacial score (nSPS) is 14.4. The van der Waals surface area contributed by atoms with Crippen molar-refractivity contribution in [1.82, 2.24) is 4.90 Å². The van der Waals surface area contributed by atoms with E-state index in [1.807, 2.05) is 37.3 Å². The largest absolute Gasteiger partial charge is 0.485 e. The lowest BCUT2D eigenvalue weighted by Crippen LogP contribution is -2.35. The van der Waals surface area contributed by atoms with E-state index in [0.29, 0.717) is 5.76 Å². The van der Waals surface area contributed by atoms with Crippen LogP contribution in [0.4, 0.5) is 5.69 Å². The maximum absolute atomic E-state index is 12.7. The molecule has 0 spiro atoms. The van der Waals surface area contributed by atoms with Crippen molar-refractivity contribution in [2.45, 2.75) is 39.8 Å². The molecule has 0 atom stereocenters.